The van der Waals surface area contributed by atoms with E-state index in [0.717, 1.165) is 0 Å². The maximum atomic E-state index is 13.9. The Balaban J connectivity index is 2.75. The number of carbonyl (C=O) groups excluding carboxylic acids is 2. The van der Waals surface area contributed by atoms with E-state index in [-0.39, 0.29) is 19.3 Å². The van der Waals surface area contributed by atoms with E-state index in [1.54, 1.807) is 0 Å². The van der Waals surface area contributed by atoms with E-state index in [9.17, 15) is 31.5 Å². The van der Waals surface area contributed by atoms with E-state index >= 15 is 0 Å². The van der Waals surface area contributed by atoms with E-state index in [1.165, 1.54) is 6.92 Å². The van der Waals surface area contributed by atoms with Crippen LogP contribution >= 0.6 is 0 Å². The van der Waals surface area contributed by atoms with Crippen LogP contribution in [-0.4, -0.2) is 11.8 Å². The van der Waals surface area contributed by atoms with Gasteiger partial charge in [0.2, 0.25) is 17.6 Å². The summed E-state index contributed by atoms with van der Waals surface area (Å²) in [5, 5.41) is 1.88. The van der Waals surface area contributed by atoms with Crippen molar-refractivity contribution in [3.8, 4) is 0 Å². The smallest absolute Gasteiger partial charge is 0.237 e. The van der Waals surface area contributed by atoms with Gasteiger partial charge in [-0.05, 0) is 12.8 Å². The first kappa shape index (κ1) is 15.4. The Morgan fingerprint density at radius 2 is 1.43 bits per heavy atom. The summed E-state index contributed by atoms with van der Waals surface area (Å²) in [6.07, 6.45) is -0.796. The van der Waals surface area contributed by atoms with Crippen LogP contribution in [0.25, 0.3) is 0 Å². The summed E-state index contributed by atoms with van der Waals surface area (Å²) in [6.45, 7) is 1.37. The van der Waals surface area contributed by atoms with Gasteiger partial charge in [0.1, 0.15) is 0 Å². The Hall–Kier alpha value is -1.99. The fourth-order valence-electron chi connectivity index (χ4n) is 2.53. The molecule has 1 aliphatic rings. The normalized spacial score (nSPS) is 22.4. The van der Waals surface area contributed by atoms with Crippen molar-refractivity contribution in [2.45, 2.75) is 31.6 Å². The van der Waals surface area contributed by atoms with Gasteiger partial charge in [-0.25, -0.2) is 22.0 Å². The summed E-state index contributed by atoms with van der Waals surface area (Å²) in [5.74, 6) is -12.3. The van der Waals surface area contributed by atoms with Gasteiger partial charge in [0.15, 0.2) is 23.3 Å². The van der Waals surface area contributed by atoms with Gasteiger partial charge in [-0.15, -0.1) is 0 Å². The second-order valence-electron chi connectivity index (χ2n) is 4.76. The minimum Gasteiger partial charge on any atom is -0.296 e. The molecule has 3 nitrogen and oxygen atoms in total. The highest BCUT2D eigenvalue weighted by molar-refractivity contribution is 6.03. The lowest BCUT2D eigenvalue weighted by Crippen LogP contribution is -2.52. The van der Waals surface area contributed by atoms with Crippen molar-refractivity contribution in [1.82, 2.24) is 5.32 Å². The van der Waals surface area contributed by atoms with Crippen molar-refractivity contribution in [3.05, 3.63) is 34.6 Å². The van der Waals surface area contributed by atoms with Crippen molar-refractivity contribution in [2.24, 2.45) is 0 Å². The summed E-state index contributed by atoms with van der Waals surface area (Å²) in [5.41, 5.74) is -3.15. The zero-order valence-electron chi connectivity index (χ0n) is 10.8. The first-order chi connectivity index (χ1) is 9.76. The highest BCUT2D eigenvalue weighted by atomic mass is 19.2. The number of rotatable bonds is 2. The maximum Gasteiger partial charge on any atom is 0.237 e. The number of hydrogen-bond acceptors (Lipinski definition) is 2. The summed E-state index contributed by atoms with van der Waals surface area (Å²) >= 11 is 0. The summed E-state index contributed by atoms with van der Waals surface area (Å²) in [4.78, 5) is 23.1. The van der Waals surface area contributed by atoms with Crippen LogP contribution in [0.4, 0.5) is 22.0 Å². The predicted octanol–water partition coefficient (Wildman–Crippen LogP) is 2.47. The number of carbonyl (C=O) groups is 2. The lowest BCUT2D eigenvalue weighted by Gasteiger charge is -2.35. The van der Waals surface area contributed by atoms with Gasteiger partial charge in [-0.2, -0.15) is 0 Å². The minimum absolute atomic E-state index is 0.218. The molecule has 1 fully saturated rings. The fraction of sp³-hybridized carbons (Fsp3) is 0.385. The molecule has 1 aromatic rings. The fourth-order valence-corrected chi connectivity index (χ4v) is 2.53. The molecule has 0 spiro atoms. The van der Waals surface area contributed by atoms with Crippen LogP contribution in [0.15, 0.2) is 0 Å². The molecule has 1 saturated heterocycles. The number of piperidine rings is 1. The largest absolute Gasteiger partial charge is 0.296 e. The lowest BCUT2D eigenvalue weighted by atomic mass is 9.71. The molecule has 114 valence electrons. The van der Waals surface area contributed by atoms with E-state index in [1.807, 2.05) is 5.32 Å². The van der Waals surface area contributed by atoms with Gasteiger partial charge in [0.25, 0.3) is 0 Å². The van der Waals surface area contributed by atoms with Crippen LogP contribution in [0.1, 0.15) is 31.7 Å². The summed E-state index contributed by atoms with van der Waals surface area (Å²) in [6, 6.07) is 0. The second kappa shape index (κ2) is 5.09. The Morgan fingerprint density at radius 3 is 1.86 bits per heavy atom. The summed E-state index contributed by atoms with van der Waals surface area (Å²) < 4.78 is 67.5. The first-order valence-corrected chi connectivity index (χ1v) is 6.12. The molecule has 21 heavy (non-hydrogen) atoms. The van der Waals surface area contributed by atoms with Crippen molar-refractivity contribution < 1.29 is 31.5 Å². The minimum atomic E-state index is -2.28. The third-order valence-corrected chi connectivity index (χ3v) is 3.76. The molecule has 1 aromatic carbocycles. The molecule has 1 aliphatic heterocycles. The first-order valence-electron chi connectivity index (χ1n) is 6.12. The molecule has 1 heterocycles. The SMILES string of the molecule is CCC1(c2c(F)c(F)c(F)c(F)c2F)CCC(=O)NC1=O. The molecule has 0 aliphatic carbocycles. The van der Waals surface area contributed by atoms with Gasteiger partial charge < -0.3 is 0 Å². The Labute approximate surface area is 116 Å². The maximum absolute atomic E-state index is 13.9. The second-order valence-corrected chi connectivity index (χ2v) is 4.76. The van der Waals surface area contributed by atoms with Crippen LogP contribution < -0.4 is 5.32 Å². The molecule has 1 unspecified atom stereocenters. The number of benzene rings is 1. The van der Waals surface area contributed by atoms with Crippen LogP contribution in [0, 0.1) is 29.1 Å². The van der Waals surface area contributed by atoms with E-state index in [2.05, 4.69) is 0 Å². The molecule has 2 amide bonds. The molecular weight excluding hydrogens is 297 g/mol. The third-order valence-electron chi connectivity index (χ3n) is 3.76. The Kier molecular flexibility index (Phi) is 3.73. The van der Waals surface area contributed by atoms with Crippen LogP contribution in [0.5, 0.6) is 0 Å². The number of hydrogen-bond donors (Lipinski definition) is 1. The predicted molar refractivity (Wildman–Crippen MR) is 60.6 cm³/mol. The van der Waals surface area contributed by atoms with Crippen molar-refractivity contribution in [1.29, 1.82) is 0 Å². The molecule has 0 saturated carbocycles. The summed E-state index contributed by atoms with van der Waals surface area (Å²) in [7, 11) is 0. The molecule has 0 aromatic heterocycles. The van der Waals surface area contributed by atoms with Crippen LogP contribution in [-0.2, 0) is 15.0 Å². The molecule has 8 heteroatoms. The zero-order chi connectivity index (χ0) is 15.9. The van der Waals surface area contributed by atoms with E-state index in [0.29, 0.717) is 0 Å². The van der Waals surface area contributed by atoms with Crippen molar-refractivity contribution >= 4 is 11.8 Å². The molecule has 1 atom stereocenters. The lowest BCUT2D eigenvalue weighted by molar-refractivity contribution is -0.138. The third kappa shape index (κ3) is 2.09. The Morgan fingerprint density at radius 1 is 0.952 bits per heavy atom. The highest BCUT2D eigenvalue weighted by Gasteiger charge is 2.48. The van der Waals surface area contributed by atoms with Gasteiger partial charge in [0, 0.05) is 12.0 Å². The average Bonchev–Trinajstić information content (AvgIpc) is 2.45. The topological polar surface area (TPSA) is 46.2 Å². The molecule has 0 radical (unpaired) electrons. The number of nitrogens with one attached hydrogen (secondary N) is 1. The number of amides is 2. The van der Waals surface area contributed by atoms with Crippen LogP contribution in [0.2, 0.25) is 0 Å². The van der Waals surface area contributed by atoms with Gasteiger partial charge in [-0.1, -0.05) is 6.92 Å². The molecule has 1 N–H and O–H groups in total. The number of halogens is 5. The van der Waals surface area contributed by atoms with Gasteiger partial charge >= 0.3 is 0 Å². The van der Waals surface area contributed by atoms with Crippen molar-refractivity contribution in [2.75, 3.05) is 0 Å². The highest BCUT2D eigenvalue weighted by Crippen LogP contribution is 2.40. The number of imide groups is 1. The zero-order valence-corrected chi connectivity index (χ0v) is 10.8. The van der Waals surface area contributed by atoms with E-state index < -0.39 is 51.9 Å². The van der Waals surface area contributed by atoms with Gasteiger partial charge in [0.05, 0.1) is 5.41 Å². The van der Waals surface area contributed by atoms with Gasteiger partial charge in [-0.3, -0.25) is 14.9 Å². The van der Waals surface area contributed by atoms with Crippen molar-refractivity contribution in [3.63, 3.8) is 0 Å². The Bertz CT molecular complexity index is 617. The van der Waals surface area contributed by atoms with Crippen LogP contribution in [0.3, 0.4) is 0 Å². The average molecular weight is 307 g/mol. The van der Waals surface area contributed by atoms with E-state index in [4.69, 9.17) is 0 Å². The molecule has 0 bridgehead atoms. The monoisotopic (exact) mass is 307 g/mol. The quantitative estimate of drug-likeness (QED) is 0.395. The standard InChI is InChI=1S/C13H10F5NO2/c1-2-13(4-3-5(20)19-12(13)21)6-7(14)9(16)11(18)10(17)8(6)15/h2-4H2,1H3,(H,19,20,21). The molecule has 2 rings (SSSR count). The molecular formula is C13H10F5NO2.